The Balaban J connectivity index is 1.33. The van der Waals surface area contributed by atoms with Gasteiger partial charge in [-0.1, -0.05) is 18.2 Å². The number of nitrogens with one attached hydrogen (secondary N) is 1. The number of aliphatic hydroxyl groups excluding tert-OH is 3. The van der Waals surface area contributed by atoms with Gasteiger partial charge in [-0.3, -0.25) is 0 Å². The third-order valence-electron chi connectivity index (χ3n) is 7.60. The number of ether oxygens (including phenoxy) is 1. The van der Waals surface area contributed by atoms with Crippen molar-refractivity contribution in [1.29, 1.82) is 5.26 Å². The van der Waals surface area contributed by atoms with Gasteiger partial charge in [0, 0.05) is 35.1 Å². The van der Waals surface area contributed by atoms with Crippen LogP contribution in [0.3, 0.4) is 0 Å². The molecular formula is C29H33N3O6S2. The largest absolute Gasteiger partial charge is 0.388 e. The van der Waals surface area contributed by atoms with Gasteiger partial charge in [0.15, 0.2) is 4.91 Å². The molecule has 40 heavy (non-hydrogen) atoms. The summed E-state index contributed by atoms with van der Waals surface area (Å²) in [7, 11) is -4.24. The Kier molecular flexibility index (Phi) is 8.58. The molecule has 212 valence electrons. The highest BCUT2D eigenvalue weighted by Gasteiger charge is 2.38. The summed E-state index contributed by atoms with van der Waals surface area (Å²) in [6.07, 6.45) is -1.50. The fourth-order valence-corrected chi connectivity index (χ4v) is 7.43. The zero-order chi connectivity index (χ0) is 28.4. The summed E-state index contributed by atoms with van der Waals surface area (Å²) in [6, 6.07) is 18.3. The summed E-state index contributed by atoms with van der Waals surface area (Å²) < 4.78 is 33.6. The molecule has 4 atom stereocenters. The van der Waals surface area contributed by atoms with Crippen LogP contribution < -0.4 is 9.62 Å². The van der Waals surface area contributed by atoms with Gasteiger partial charge in [-0.05, 0) is 78.4 Å². The minimum atomic E-state index is -4.24. The smallest absolute Gasteiger partial charge is 0.251 e. The number of nitriles is 1. The molecule has 3 aromatic rings. The normalized spacial score (nSPS) is 24.5. The van der Waals surface area contributed by atoms with E-state index in [1.165, 1.54) is 36.3 Å². The number of rotatable bonds is 7. The van der Waals surface area contributed by atoms with Crippen LogP contribution >= 0.6 is 11.3 Å². The summed E-state index contributed by atoms with van der Waals surface area (Å²) in [5, 5.41) is 41.5. The van der Waals surface area contributed by atoms with Crippen LogP contribution in [-0.2, 0) is 14.8 Å². The van der Waals surface area contributed by atoms with E-state index >= 15 is 0 Å². The summed E-state index contributed by atoms with van der Waals surface area (Å²) in [5.74, 6) is 0. The molecule has 4 N–H and O–H groups in total. The number of sulfonamides is 1. The molecule has 0 saturated carbocycles. The molecule has 2 aromatic carbocycles. The first-order valence-corrected chi connectivity index (χ1v) is 15.6. The Labute approximate surface area is 238 Å². The maximum Gasteiger partial charge on any atom is 0.251 e. The second kappa shape index (κ2) is 12.0. The number of piperidine rings is 1. The lowest BCUT2D eigenvalue weighted by molar-refractivity contribution is -0.184. The van der Waals surface area contributed by atoms with Crippen molar-refractivity contribution in [3.63, 3.8) is 0 Å². The fourth-order valence-electron chi connectivity index (χ4n) is 5.20. The van der Waals surface area contributed by atoms with Crippen molar-refractivity contribution in [2.45, 2.75) is 50.6 Å². The van der Waals surface area contributed by atoms with Crippen molar-refractivity contribution in [1.82, 2.24) is 4.72 Å². The second-order valence-corrected chi connectivity index (χ2v) is 13.1. The second-order valence-electron chi connectivity index (χ2n) is 10.3. The monoisotopic (exact) mass is 583 g/mol. The maximum absolute atomic E-state index is 13.0. The van der Waals surface area contributed by atoms with Crippen LogP contribution in [0.5, 0.6) is 0 Å². The summed E-state index contributed by atoms with van der Waals surface area (Å²) in [4.78, 5) is 3.59. The SMILES string of the molecule is C/C(=C(/C#N)S(=O)(=O)NC[C@H]1OC[C@H](O)[C@@H](O)[C@@H]1O)c1ccc(-c2ccc3cc(N4CCCCC4)ccc3c2)s1. The number of thiophene rings is 1. The topological polar surface area (TPSA) is 143 Å². The zero-order valence-electron chi connectivity index (χ0n) is 22.2. The first-order valence-electron chi connectivity index (χ1n) is 13.3. The standard InChI is InChI=1S/C29H33N3O6S2/c1-18(27(15-30)40(36,37)31-16-24-29(35)28(34)23(33)17-38-24)25-9-10-26(39-25)21-6-5-20-14-22(8-7-19(20)13-21)32-11-3-2-4-12-32/h5-10,13-14,23-24,28-29,31,33-35H,2-4,11-12,16-17H2,1H3/b27-18+/t23-,24+,28+,29+/m0/s1. The van der Waals surface area contributed by atoms with E-state index in [4.69, 9.17) is 4.74 Å². The average molecular weight is 584 g/mol. The Bertz CT molecular complexity index is 1560. The highest BCUT2D eigenvalue weighted by Crippen LogP contribution is 2.36. The molecule has 0 radical (unpaired) electrons. The minimum Gasteiger partial charge on any atom is -0.388 e. The number of benzene rings is 2. The van der Waals surface area contributed by atoms with Crippen LogP contribution in [0.1, 0.15) is 31.1 Å². The molecular weight excluding hydrogens is 550 g/mol. The van der Waals surface area contributed by atoms with Crippen LogP contribution in [0, 0.1) is 11.3 Å². The highest BCUT2D eigenvalue weighted by atomic mass is 32.2. The van der Waals surface area contributed by atoms with Gasteiger partial charge < -0.3 is 25.0 Å². The number of allylic oxidation sites excluding steroid dienone is 2. The van der Waals surface area contributed by atoms with E-state index in [1.54, 1.807) is 19.1 Å². The van der Waals surface area contributed by atoms with Gasteiger partial charge in [-0.25, -0.2) is 13.1 Å². The fraction of sp³-hybridized carbons (Fsp3) is 0.414. The minimum absolute atomic E-state index is 0.239. The molecule has 1 aromatic heterocycles. The molecule has 0 aliphatic carbocycles. The van der Waals surface area contributed by atoms with Crippen LogP contribution in [-0.4, -0.2) is 74.4 Å². The summed E-state index contributed by atoms with van der Waals surface area (Å²) >= 11 is 1.40. The van der Waals surface area contributed by atoms with E-state index in [2.05, 4.69) is 46.0 Å². The molecule has 2 saturated heterocycles. The lowest BCUT2D eigenvalue weighted by Gasteiger charge is -2.35. The molecule has 0 unspecified atom stereocenters. The molecule has 3 heterocycles. The maximum atomic E-state index is 13.0. The Morgan fingerprint density at radius 2 is 1.77 bits per heavy atom. The number of fused-ring (bicyclic) bond motifs is 1. The number of hydrogen-bond acceptors (Lipinski definition) is 9. The first-order chi connectivity index (χ1) is 19.2. The van der Waals surface area contributed by atoms with Crippen molar-refractivity contribution in [3.8, 4) is 16.5 Å². The zero-order valence-corrected chi connectivity index (χ0v) is 23.8. The van der Waals surface area contributed by atoms with E-state index < -0.39 is 39.3 Å². The average Bonchev–Trinajstić information content (AvgIpc) is 3.46. The van der Waals surface area contributed by atoms with E-state index in [1.807, 2.05) is 6.07 Å². The molecule has 5 rings (SSSR count). The van der Waals surface area contributed by atoms with Gasteiger partial charge in [0.1, 0.15) is 24.4 Å². The number of anilines is 1. The first kappa shape index (κ1) is 28.7. The van der Waals surface area contributed by atoms with Crippen molar-refractivity contribution < 1.29 is 28.5 Å². The van der Waals surface area contributed by atoms with E-state index in [-0.39, 0.29) is 13.2 Å². The van der Waals surface area contributed by atoms with Crippen LogP contribution in [0.15, 0.2) is 53.4 Å². The third kappa shape index (κ3) is 5.94. The molecule has 11 heteroatoms. The Morgan fingerprint density at radius 3 is 2.52 bits per heavy atom. The lowest BCUT2D eigenvalue weighted by atomic mass is 10.0. The lowest BCUT2D eigenvalue weighted by Crippen LogP contribution is -2.56. The molecule has 0 amide bonds. The van der Waals surface area contributed by atoms with E-state index in [0.717, 1.165) is 34.3 Å². The van der Waals surface area contributed by atoms with Gasteiger partial charge in [0.05, 0.1) is 12.7 Å². The third-order valence-corrected chi connectivity index (χ3v) is 10.3. The van der Waals surface area contributed by atoms with Crippen molar-refractivity contribution in [2.75, 3.05) is 31.1 Å². The van der Waals surface area contributed by atoms with Gasteiger partial charge in [-0.2, -0.15) is 5.26 Å². The molecule has 0 bridgehead atoms. The van der Waals surface area contributed by atoms with Gasteiger partial charge >= 0.3 is 0 Å². The molecule has 2 aliphatic rings. The van der Waals surface area contributed by atoms with Crippen LogP contribution in [0.2, 0.25) is 0 Å². The highest BCUT2D eigenvalue weighted by molar-refractivity contribution is 7.93. The van der Waals surface area contributed by atoms with Gasteiger partial charge in [0.25, 0.3) is 10.0 Å². The van der Waals surface area contributed by atoms with Crippen molar-refractivity contribution in [2.24, 2.45) is 0 Å². The number of nitrogens with zero attached hydrogens (tertiary/aromatic N) is 2. The quantitative estimate of drug-likeness (QED) is 0.311. The molecule has 0 spiro atoms. The molecule has 2 fully saturated rings. The Morgan fingerprint density at radius 1 is 1.05 bits per heavy atom. The number of aliphatic hydroxyl groups is 3. The predicted octanol–water partition coefficient (Wildman–Crippen LogP) is 3.21. The van der Waals surface area contributed by atoms with E-state index in [0.29, 0.717) is 10.5 Å². The Hall–Kier alpha value is -2.82. The summed E-state index contributed by atoms with van der Waals surface area (Å²) in [5.41, 5.74) is 2.56. The molecule has 9 nitrogen and oxygen atoms in total. The van der Waals surface area contributed by atoms with E-state index in [9.17, 15) is 29.0 Å². The van der Waals surface area contributed by atoms with Crippen LogP contribution in [0.4, 0.5) is 5.69 Å². The summed E-state index contributed by atoms with van der Waals surface area (Å²) in [6.45, 7) is 3.17. The van der Waals surface area contributed by atoms with Gasteiger partial charge in [0.2, 0.25) is 0 Å². The number of hydrogen-bond donors (Lipinski definition) is 4. The van der Waals surface area contributed by atoms with Crippen molar-refractivity contribution in [3.05, 3.63) is 58.3 Å². The van der Waals surface area contributed by atoms with Crippen LogP contribution in [0.25, 0.3) is 26.8 Å². The predicted molar refractivity (Wildman–Crippen MR) is 156 cm³/mol. The molecule has 2 aliphatic heterocycles. The van der Waals surface area contributed by atoms with Crippen molar-refractivity contribution >= 4 is 43.4 Å². The van der Waals surface area contributed by atoms with Gasteiger partial charge in [-0.15, -0.1) is 11.3 Å².